The van der Waals surface area contributed by atoms with Crippen LogP contribution in [0.4, 0.5) is 13.2 Å². The fraction of sp³-hybridized carbons (Fsp3) is 0.381. The molecule has 0 heterocycles. The summed E-state index contributed by atoms with van der Waals surface area (Å²) in [6.07, 6.45) is 3.19. The molecule has 0 saturated heterocycles. The zero-order valence-corrected chi connectivity index (χ0v) is 16.7. The summed E-state index contributed by atoms with van der Waals surface area (Å²) in [7, 11) is 0. The highest BCUT2D eigenvalue weighted by molar-refractivity contribution is 6.31. The molecule has 0 fully saturated rings. The molecule has 2 nitrogen and oxygen atoms in total. The predicted octanol–water partition coefficient (Wildman–Crippen LogP) is 6.40. The highest BCUT2D eigenvalue weighted by Crippen LogP contribution is 2.26. The Kier molecular flexibility index (Phi) is 9.36. The molecule has 0 atom stereocenters. The molecule has 27 heavy (non-hydrogen) atoms. The van der Waals surface area contributed by atoms with Gasteiger partial charge in [0.2, 0.25) is 0 Å². The average Bonchev–Trinajstić information content (AvgIpc) is 2.57. The van der Waals surface area contributed by atoms with Crippen molar-refractivity contribution < 1.29 is 13.2 Å². The van der Waals surface area contributed by atoms with Gasteiger partial charge in [-0.2, -0.15) is 13.2 Å². The Morgan fingerprint density at radius 2 is 1.96 bits per heavy atom. The zero-order valence-electron chi connectivity index (χ0n) is 15.9. The van der Waals surface area contributed by atoms with E-state index in [1.165, 1.54) is 0 Å². The van der Waals surface area contributed by atoms with Gasteiger partial charge in [0.05, 0.1) is 12.3 Å². The van der Waals surface area contributed by atoms with E-state index in [0.717, 1.165) is 12.0 Å². The number of halogens is 4. The van der Waals surface area contributed by atoms with Crippen molar-refractivity contribution in [3.63, 3.8) is 0 Å². The minimum Gasteiger partial charge on any atom is -0.402 e. The maximum Gasteiger partial charge on any atom is 0.389 e. The summed E-state index contributed by atoms with van der Waals surface area (Å²) in [4.78, 5) is 4.58. The first kappa shape index (κ1) is 23.0. The maximum absolute atomic E-state index is 12.7. The van der Waals surface area contributed by atoms with E-state index < -0.39 is 12.6 Å². The summed E-state index contributed by atoms with van der Waals surface area (Å²) in [5.41, 5.74) is 8.98. The molecule has 0 unspecified atom stereocenters. The second kappa shape index (κ2) is 11.0. The third kappa shape index (κ3) is 8.96. The Morgan fingerprint density at radius 1 is 1.26 bits per heavy atom. The summed E-state index contributed by atoms with van der Waals surface area (Å²) in [5, 5.41) is 0.403. The van der Waals surface area contributed by atoms with E-state index in [0.29, 0.717) is 34.1 Å². The van der Waals surface area contributed by atoms with Crippen LogP contribution >= 0.6 is 11.6 Å². The standard InChI is InChI=1S/C21H26ClF3N2/c1-4-5-6-7-15(2)20(27-13-11-16(3)26)19-9-8-18(22)14-17(19)10-12-21(23,24)25/h5-9,11,14H,4,10,12-13,26H2,1-3H3/b6-5-,15-7+,16-11+,27-20+. The van der Waals surface area contributed by atoms with Crippen LogP contribution in [0.3, 0.4) is 0 Å². The molecular formula is C21H26ClF3N2. The smallest absolute Gasteiger partial charge is 0.389 e. The number of alkyl halides is 3. The number of nitrogens with zero attached hydrogens (tertiary/aromatic N) is 1. The lowest BCUT2D eigenvalue weighted by atomic mass is 9.95. The van der Waals surface area contributed by atoms with Crippen LogP contribution in [0.5, 0.6) is 0 Å². The van der Waals surface area contributed by atoms with E-state index in [1.807, 2.05) is 32.1 Å². The molecule has 1 aromatic carbocycles. The van der Waals surface area contributed by atoms with Crippen LogP contribution in [-0.2, 0) is 6.42 Å². The van der Waals surface area contributed by atoms with E-state index >= 15 is 0 Å². The summed E-state index contributed by atoms with van der Waals surface area (Å²) in [5.74, 6) is 0. The first-order valence-electron chi connectivity index (χ1n) is 8.80. The molecule has 1 rings (SSSR count). The van der Waals surface area contributed by atoms with Crippen LogP contribution in [0, 0.1) is 0 Å². The van der Waals surface area contributed by atoms with Crippen molar-refractivity contribution in [2.24, 2.45) is 10.7 Å². The number of aryl methyl sites for hydroxylation is 1. The quantitative estimate of drug-likeness (QED) is 0.399. The van der Waals surface area contributed by atoms with Gasteiger partial charge in [-0.3, -0.25) is 4.99 Å². The Hall–Kier alpha value is -2.01. The third-order valence-corrected chi connectivity index (χ3v) is 3.99. The predicted molar refractivity (Wildman–Crippen MR) is 108 cm³/mol. The molecular weight excluding hydrogens is 373 g/mol. The average molecular weight is 399 g/mol. The third-order valence-electron chi connectivity index (χ3n) is 3.75. The molecule has 1 aromatic rings. The molecule has 0 aliphatic heterocycles. The number of nitrogens with two attached hydrogens (primary N) is 1. The summed E-state index contributed by atoms with van der Waals surface area (Å²) in [6, 6.07) is 4.98. The normalized spacial score (nSPS) is 14.3. The maximum atomic E-state index is 12.7. The Balaban J connectivity index is 3.37. The van der Waals surface area contributed by atoms with E-state index in [-0.39, 0.29) is 6.42 Å². The largest absolute Gasteiger partial charge is 0.402 e. The van der Waals surface area contributed by atoms with Crippen LogP contribution in [0.15, 0.2) is 58.8 Å². The van der Waals surface area contributed by atoms with Gasteiger partial charge in [0.15, 0.2) is 0 Å². The van der Waals surface area contributed by atoms with Crippen molar-refractivity contribution in [1.29, 1.82) is 0 Å². The van der Waals surface area contributed by atoms with Gasteiger partial charge < -0.3 is 5.73 Å². The van der Waals surface area contributed by atoms with Gasteiger partial charge in [-0.25, -0.2) is 0 Å². The molecule has 0 aliphatic rings. The van der Waals surface area contributed by atoms with Gasteiger partial charge in [0, 0.05) is 22.7 Å². The van der Waals surface area contributed by atoms with Gasteiger partial charge >= 0.3 is 6.18 Å². The number of hydrogen-bond acceptors (Lipinski definition) is 2. The lowest BCUT2D eigenvalue weighted by Gasteiger charge is -2.14. The molecule has 0 spiro atoms. The topological polar surface area (TPSA) is 38.4 Å². The summed E-state index contributed by atoms with van der Waals surface area (Å²) < 4.78 is 38.2. The van der Waals surface area contributed by atoms with Crippen molar-refractivity contribution in [3.05, 3.63) is 69.9 Å². The second-order valence-electron chi connectivity index (χ2n) is 6.24. The SMILES string of the molecule is CC\C=C/C=C(C)/C(=N\C/C=C(\C)N)c1ccc(Cl)cc1CCC(F)(F)F. The number of benzene rings is 1. The first-order valence-corrected chi connectivity index (χ1v) is 9.18. The number of allylic oxidation sites excluding steroid dienone is 5. The fourth-order valence-electron chi connectivity index (χ4n) is 2.41. The minimum absolute atomic E-state index is 0.151. The number of hydrogen-bond donors (Lipinski definition) is 1. The highest BCUT2D eigenvalue weighted by Gasteiger charge is 2.27. The van der Waals surface area contributed by atoms with Crippen molar-refractivity contribution in [2.75, 3.05) is 6.54 Å². The van der Waals surface area contributed by atoms with E-state index in [4.69, 9.17) is 17.3 Å². The fourth-order valence-corrected chi connectivity index (χ4v) is 2.60. The van der Waals surface area contributed by atoms with Crippen molar-refractivity contribution in [1.82, 2.24) is 0 Å². The number of aliphatic imine (C=N–C) groups is 1. The molecule has 0 aliphatic carbocycles. The second-order valence-corrected chi connectivity index (χ2v) is 6.68. The first-order chi connectivity index (χ1) is 12.6. The van der Waals surface area contributed by atoms with Gasteiger partial charge in [-0.15, -0.1) is 0 Å². The molecule has 0 aromatic heterocycles. The van der Waals surface area contributed by atoms with Crippen molar-refractivity contribution in [2.45, 2.75) is 46.2 Å². The molecule has 0 radical (unpaired) electrons. The van der Waals surface area contributed by atoms with Gasteiger partial charge in [-0.1, -0.05) is 42.8 Å². The number of rotatable bonds is 8. The van der Waals surface area contributed by atoms with E-state index in [9.17, 15) is 13.2 Å². The molecule has 0 amide bonds. The van der Waals surface area contributed by atoms with Crippen LogP contribution in [0.2, 0.25) is 5.02 Å². The molecule has 6 heteroatoms. The Bertz CT molecular complexity index is 740. The van der Waals surface area contributed by atoms with Crippen LogP contribution < -0.4 is 5.73 Å². The van der Waals surface area contributed by atoms with Crippen LogP contribution in [-0.4, -0.2) is 18.4 Å². The molecule has 0 bridgehead atoms. The minimum atomic E-state index is -4.23. The monoisotopic (exact) mass is 398 g/mol. The Labute approximate surface area is 164 Å². The highest BCUT2D eigenvalue weighted by atomic mass is 35.5. The van der Waals surface area contributed by atoms with Crippen LogP contribution in [0.25, 0.3) is 0 Å². The molecule has 148 valence electrons. The lowest BCUT2D eigenvalue weighted by molar-refractivity contribution is -0.134. The summed E-state index contributed by atoms with van der Waals surface area (Å²) >= 11 is 6.03. The summed E-state index contributed by atoms with van der Waals surface area (Å²) in [6.45, 7) is 6.03. The van der Waals surface area contributed by atoms with E-state index in [2.05, 4.69) is 4.99 Å². The van der Waals surface area contributed by atoms with Crippen molar-refractivity contribution >= 4 is 17.3 Å². The molecule has 2 N–H and O–H groups in total. The van der Waals surface area contributed by atoms with Crippen molar-refractivity contribution in [3.8, 4) is 0 Å². The van der Waals surface area contributed by atoms with Crippen LogP contribution in [0.1, 0.15) is 44.7 Å². The molecule has 0 saturated carbocycles. The van der Waals surface area contributed by atoms with E-state index in [1.54, 1.807) is 31.2 Å². The van der Waals surface area contributed by atoms with Gasteiger partial charge in [0.1, 0.15) is 0 Å². The lowest BCUT2D eigenvalue weighted by Crippen LogP contribution is -2.12. The van der Waals surface area contributed by atoms with Gasteiger partial charge in [-0.05, 0) is 56.0 Å². The zero-order chi connectivity index (χ0) is 20.4. The Morgan fingerprint density at radius 3 is 2.56 bits per heavy atom. The van der Waals surface area contributed by atoms with Gasteiger partial charge in [0.25, 0.3) is 0 Å².